The molecule has 0 spiro atoms. The average molecular weight is 514 g/mol. The number of piperazine rings is 1. The van der Waals surface area contributed by atoms with Gasteiger partial charge in [0.1, 0.15) is 23.8 Å². The molecule has 1 aliphatic heterocycles. The molecule has 1 N–H and O–H groups in total. The quantitative estimate of drug-likeness (QED) is 0.639. The Morgan fingerprint density at radius 2 is 1.89 bits per heavy atom. The number of nitrogens with zero attached hydrogens (tertiary/aromatic N) is 4. The van der Waals surface area contributed by atoms with E-state index < -0.39 is 17.7 Å². The third kappa shape index (κ3) is 6.09. The molecule has 4 rings (SSSR count). The first kappa shape index (κ1) is 26.2. The Kier molecular flexibility index (Phi) is 7.73. The maximum Gasteiger partial charge on any atom is 0.408 e. The van der Waals surface area contributed by atoms with E-state index >= 15 is 0 Å². The molecule has 1 aliphatic carbocycles. The summed E-state index contributed by atoms with van der Waals surface area (Å²) in [7, 11) is 0. The van der Waals surface area contributed by atoms with E-state index in [4.69, 9.17) is 16.3 Å². The Labute approximate surface area is 218 Å². The fraction of sp³-hybridized carbons (Fsp3) is 0.556. The number of anilines is 1. The number of hydrogen-bond donors (Lipinski definition) is 1. The molecule has 2 aliphatic rings. The number of ether oxygens (including phenoxy) is 1. The van der Waals surface area contributed by atoms with Crippen molar-refractivity contribution in [1.82, 2.24) is 20.2 Å². The predicted octanol–water partition coefficient (Wildman–Crippen LogP) is 4.35. The van der Waals surface area contributed by atoms with Crippen LogP contribution in [0, 0.1) is 0 Å². The molecule has 0 unspecified atom stereocenters. The first-order valence-electron chi connectivity index (χ1n) is 12.6. The lowest BCUT2D eigenvalue weighted by atomic mass is 10.0. The minimum absolute atomic E-state index is 0.0761. The van der Waals surface area contributed by atoms with Gasteiger partial charge in [-0.25, -0.2) is 14.8 Å². The van der Waals surface area contributed by atoms with E-state index in [0.717, 1.165) is 29.9 Å². The van der Waals surface area contributed by atoms with E-state index in [0.29, 0.717) is 37.0 Å². The van der Waals surface area contributed by atoms with Crippen molar-refractivity contribution in [1.29, 1.82) is 0 Å². The summed E-state index contributed by atoms with van der Waals surface area (Å²) in [5.41, 5.74) is 2.64. The highest BCUT2D eigenvalue weighted by Crippen LogP contribution is 2.38. The number of halogens is 1. The summed E-state index contributed by atoms with van der Waals surface area (Å²) in [6.07, 6.45) is 3.48. The summed E-state index contributed by atoms with van der Waals surface area (Å²) in [5, 5.41) is 3.43. The monoisotopic (exact) mass is 513 g/mol. The molecule has 0 saturated carbocycles. The van der Waals surface area contributed by atoms with Gasteiger partial charge in [0.2, 0.25) is 5.91 Å². The van der Waals surface area contributed by atoms with Crippen molar-refractivity contribution in [2.75, 3.05) is 24.5 Å². The molecule has 8 nitrogen and oxygen atoms in total. The smallest absolute Gasteiger partial charge is 0.408 e. The third-order valence-corrected chi connectivity index (χ3v) is 7.06. The lowest BCUT2D eigenvalue weighted by Crippen LogP contribution is -2.59. The SMILES string of the molecule is C[C@@H]1CCc2ncnc(N3CCN(C(=O)[C@@H](Cc4ccc(Cl)cc4)NC(=O)OC(C)(C)C)C[C@@H]3C)c21. The fourth-order valence-electron chi connectivity index (χ4n) is 5.05. The zero-order valence-corrected chi connectivity index (χ0v) is 22.5. The molecule has 2 aromatic rings. The van der Waals surface area contributed by atoms with Crippen molar-refractivity contribution < 1.29 is 14.3 Å². The van der Waals surface area contributed by atoms with Crippen LogP contribution in [0.25, 0.3) is 0 Å². The van der Waals surface area contributed by atoms with E-state index in [9.17, 15) is 9.59 Å². The van der Waals surface area contributed by atoms with Crippen LogP contribution in [0.15, 0.2) is 30.6 Å². The number of alkyl carbamates (subject to hydrolysis) is 1. The van der Waals surface area contributed by atoms with Crippen molar-refractivity contribution >= 4 is 29.4 Å². The van der Waals surface area contributed by atoms with Crippen LogP contribution in [0.1, 0.15) is 63.8 Å². The molecule has 36 heavy (non-hydrogen) atoms. The van der Waals surface area contributed by atoms with Gasteiger partial charge in [0.15, 0.2) is 0 Å². The van der Waals surface area contributed by atoms with Gasteiger partial charge in [0, 0.05) is 48.4 Å². The second-order valence-electron chi connectivity index (χ2n) is 10.9. The van der Waals surface area contributed by atoms with Gasteiger partial charge in [0.05, 0.1) is 0 Å². The molecular weight excluding hydrogens is 478 g/mol. The first-order valence-corrected chi connectivity index (χ1v) is 13.0. The number of carbonyl (C=O) groups excluding carboxylic acids is 2. The van der Waals surface area contributed by atoms with Crippen LogP contribution < -0.4 is 10.2 Å². The van der Waals surface area contributed by atoms with Crippen LogP contribution in [-0.2, 0) is 22.4 Å². The van der Waals surface area contributed by atoms with Crippen LogP contribution in [0.5, 0.6) is 0 Å². The predicted molar refractivity (Wildman–Crippen MR) is 140 cm³/mol. The van der Waals surface area contributed by atoms with Gasteiger partial charge < -0.3 is 19.9 Å². The standard InChI is InChI=1S/C27H36ClN5O3/c1-17-6-11-21-23(17)24(30-16-29-21)33-13-12-32(15-18(33)2)25(34)22(31-26(35)36-27(3,4)5)14-19-7-9-20(28)10-8-19/h7-10,16-18,22H,6,11-15H2,1-5H3,(H,31,35)/t17-,18+,22-/m1/s1. The van der Waals surface area contributed by atoms with Crippen LogP contribution in [0.4, 0.5) is 10.6 Å². The molecule has 1 saturated heterocycles. The van der Waals surface area contributed by atoms with Gasteiger partial charge in [-0.15, -0.1) is 0 Å². The van der Waals surface area contributed by atoms with Crippen molar-refractivity contribution in [2.45, 2.75) is 77.5 Å². The minimum atomic E-state index is -0.747. The molecule has 3 atom stereocenters. The van der Waals surface area contributed by atoms with E-state index in [1.54, 1.807) is 39.2 Å². The Morgan fingerprint density at radius 3 is 2.56 bits per heavy atom. The van der Waals surface area contributed by atoms with Gasteiger partial charge in [-0.05, 0) is 64.2 Å². The highest BCUT2D eigenvalue weighted by molar-refractivity contribution is 6.30. The van der Waals surface area contributed by atoms with Crippen molar-refractivity contribution in [2.24, 2.45) is 0 Å². The van der Waals surface area contributed by atoms with Crippen molar-refractivity contribution in [3.63, 3.8) is 0 Å². The van der Waals surface area contributed by atoms with E-state index in [1.165, 1.54) is 5.56 Å². The highest BCUT2D eigenvalue weighted by atomic mass is 35.5. The van der Waals surface area contributed by atoms with Crippen LogP contribution in [0.3, 0.4) is 0 Å². The van der Waals surface area contributed by atoms with Gasteiger partial charge in [0.25, 0.3) is 0 Å². The van der Waals surface area contributed by atoms with Crippen molar-refractivity contribution in [3.05, 3.63) is 52.4 Å². The highest BCUT2D eigenvalue weighted by Gasteiger charge is 2.35. The van der Waals surface area contributed by atoms with Gasteiger partial charge in [-0.1, -0.05) is 30.7 Å². The summed E-state index contributed by atoms with van der Waals surface area (Å²) in [6.45, 7) is 11.5. The van der Waals surface area contributed by atoms with Gasteiger partial charge >= 0.3 is 6.09 Å². The second-order valence-corrected chi connectivity index (χ2v) is 11.3. The Balaban J connectivity index is 1.49. The number of aromatic nitrogens is 2. The number of amides is 2. The molecule has 0 bridgehead atoms. The van der Waals surface area contributed by atoms with Crippen molar-refractivity contribution in [3.8, 4) is 0 Å². The van der Waals surface area contributed by atoms with Gasteiger partial charge in [-0.2, -0.15) is 0 Å². The zero-order chi connectivity index (χ0) is 26.0. The second kappa shape index (κ2) is 10.6. The number of nitrogens with one attached hydrogen (secondary N) is 1. The van der Waals surface area contributed by atoms with E-state index in [1.807, 2.05) is 17.0 Å². The number of fused-ring (bicyclic) bond motifs is 1. The number of carbonyl (C=O) groups is 2. The summed E-state index contributed by atoms with van der Waals surface area (Å²) in [6, 6.07) is 6.64. The average Bonchev–Trinajstić information content (AvgIpc) is 3.19. The normalized spacial score (nSPS) is 20.6. The fourth-order valence-corrected chi connectivity index (χ4v) is 5.18. The first-order chi connectivity index (χ1) is 17.0. The number of rotatable bonds is 5. The van der Waals surface area contributed by atoms with Crippen LogP contribution in [-0.4, -0.2) is 64.2 Å². The molecule has 1 aromatic carbocycles. The molecular formula is C27H36ClN5O3. The topological polar surface area (TPSA) is 87.7 Å². The third-order valence-electron chi connectivity index (χ3n) is 6.81. The van der Waals surface area contributed by atoms with Gasteiger partial charge in [-0.3, -0.25) is 4.79 Å². The largest absolute Gasteiger partial charge is 0.444 e. The number of aryl methyl sites for hydroxylation is 1. The Morgan fingerprint density at radius 1 is 1.17 bits per heavy atom. The lowest BCUT2D eigenvalue weighted by molar-refractivity contribution is -0.134. The number of benzene rings is 1. The summed E-state index contributed by atoms with van der Waals surface area (Å²) in [5.74, 6) is 1.31. The molecule has 2 heterocycles. The molecule has 194 valence electrons. The van der Waals surface area contributed by atoms with E-state index in [-0.39, 0.29) is 11.9 Å². The molecule has 0 radical (unpaired) electrons. The van der Waals surface area contributed by atoms with Crippen LogP contribution in [0.2, 0.25) is 5.02 Å². The molecule has 1 aromatic heterocycles. The van der Waals surface area contributed by atoms with Crippen LogP contribution >= 0.6 is 11.6 Å². The zero-order valence-electron chi connectivity index (χ0n) is 21.8. The summed E-state index contributed by atoms with van der Waals surface area (Å²) >= 11 is 6.04. The molecule has 1 fully saturated rings. The molecule has 9 heteroatoms. The summed E-state index contributed by atoms with van der Waals surface area (Å²) < 4.78 is 5.45. The maximum absolute atomic E-state index is 13.7. The molecule has 2 amide bonds. The Hall–Kier alpha value is -2.87. The maximum atomic E-state index is 13.7. The minimum Gasteiger partial charge on any atom is -0.444 e. The lowest BCUT2D eigenvalue weighted by Gasteiger charge is -2.42. The Bertz CT molecular complexity index is 1100. The summed E-state index contributed by atoms with van der Waals surface area (Å²) in [4.78, 5) is 39.5. The van der Waals surface area contributed by atoms with E-state index in [2.05, 4.69) is 34.0 Å². The number of hydrogen-bond acceptors (Lipinski definition) is 6.